The van der Waals surface area contributed by atoms with E-state index in [-0.39, 0.29) is 28.8 Å². The van der Waals surface area contributed by atoms with Gasteiger partial charge >= 0.3 is 0 Å². The van der Waals surface area contributed by atoms with Crippen LogP contribution in [0.2, 0.25) is 5.15 Å². The first-order chi connectivity index (χ1) is 8.44. The molecule has 0 radical (unpaired) electrons. The Balaban J connectivity index is 2.48. The second-order valence-corrected chi connectivity index (χ2v) is 5.29. The Bertz CT molecular complexity index is 393. The molecule has 100 valence electrons. The molecule has 1 rings (SSSR count). The SMILES string of the molecule is CC(C)(CCCO)CNC(=O)c1cnc(Cl)cn1. The van der Waals surface area contributed by atoms with Crippen molar-refractivity contribution in [1.82, 2.24) is 15.3 Å². The lowest BCUT2D eigenvalue weighted by Gasteiger charge is -2.24. The number of halogens is 1. The highest BCUT2D eigenvalue weighted by atomic mass is 35.5. The average molecular weight is 272 g/mol. The highest BCUT2D eigenvalue weighted by molar-refractivity contribution is 6.29. The predicted molar refractivity (Wildman–Crippen MR) is 69.5 cm³/mol. The lowest BCUT2D eigenvalue weighted by Crippen LogP contribution is -2.34. The van der Waals surface area contributed by atoms with E-state index in [1.54, 1.807) is 0 Å². The number of nitrogens with one attached hydrogen (secondary N) is 1. The molecule has 0 aliphatic rings. The number of rotatable bonds is 6. The number of aromatic nitrogens is 2. The molecule has 18 heavy (non-hydrogen) atoms. The Morgan fingerprint density at radius 1 is 1.44 bits per heavy atom. The third kappa shape index (κ3) is 4.98. The van der Waals surface area contributed by atoms with Crippen molar-refractivity contribution in [2.45, 2.75) is 26.7 Å². The molecule has 0 atom stereocenters. The van der Waals surface area contributed by atoms with Crippen LogP contribution >= 0.6 is 11.6 Å². The summed E-state index contributed by atoms with van der Waals surface area (Å²) < 4.78 is 0. The largest absolute Gasteiger partial charge is 0.396 e. The summed E-state index contributed by atoms with van der Waals surface area (Å²) in [5.41, 5.74) is 0.190. The van der Waals surface area contributed by atoms with E-state index in [2.05, 4.69) is 15.3 Å². The average Bonchev–Trinajstić information content (AvgIpc) is 2.35. The van der Waals surface area contributed by atoms with Crippen molar-refractivity contribution in [3.05, 3.63) is 23.2 Å². The number of carbonyl (C=O) groups excluding carboxylic acids is 1. The molecule has 0 bridgehead atoms. The molecule has 0 fully saturated rings. The van der Waals surface area contributed by atoms with Gasteiger partial charge in [0.25, 0.3) is 5.91 Å². The molecular formula is C12H18ClN3O2. The van der Waals surface area contributed by atoms with Crippen LogP contribution in [0.15, 0.2) is 12.4 Å². The van der Waals surface area contributed by atoms with Gasteiger partial charge in [0.15, 0.2) is 0 Å². The van der Waals surface area contributed by atoms with Gasteiger partial charge in [-0.1, -0.05) is 25.4 Å². The van der Waals surface area contributed by atoms with Crippen molar-refractivity contribution in [3.63, 3.8) is 0 Å². The van der Waals surface area contributed by atoms with Crippen LogP contribution in [0.5, 0.6) is 0 Å². The number of aliphatic hydroxyl groups is 1. The van der Waals surface area contributed by atoms with Gasteiger partial charge in [0.2, 0.25) is 0 Å². The zero-order chi connectivity index (χ0) is 13.6. The summed E-state index contributed by atoms with van der Waals surface area (Å²) in [6.07, 6.45) is 4.26. The van der Waals surface area contributed by atoms with Crippen LogP contribution in [0.3, 0.4) is 0 Å². The van der Waals surface area contributed by atoms with Gasteiger partial charge in [-0.25, -0.2) is 9.97 Å². The Morgan fingerprint density at radius 2 is 2.17 bits per heavy atom. The Morgan fingerprint density at radius 3 is 2.72 bits per heavy atom. The van der Waals surface area contributed by atoms with Crippen LogP contribution < -0.4 is 5.32 Å². The van der Waals surface area contributed by atoms with Gasteiger partial charge in [0.05, 0.1) is 12.4 Å². The smallest absolute Gasteiger partial charge is 0.271 e. The summed E-state index contributed by atoms with van der Waals surface area (Å²) in [5.74, 6) is -0.267. The van der Waals surface area contributed by atoms with Crippen LogP contribution in [0, 0.1) is 5.41 Å². The molecular weight excluding hydrogens is 254 g/mol. The summed E-state index contributed by atoms with van der Waals surface area (Å²) in [6.45, 7) is 4.77. The number of aliphatic hydroxyl groups excluding tert-OH is 1. The third-order valence-corrected chi connectivity index (χ3v) is 2.79. The molecule has 1 aromatic heterocycles. The molecule has 1 heterocycles. The van der Waals surface area contributed by atoms with E-state index in [0.29, 0.717) is 6.54 Å². The first kappa shape index (κ1) is 14.9. The zero-order valence-corrected chi connectivity index (χ0v) is 11.4. The van der Waals surface area contributed by atoms with Crippen LogP contribution in [-0.2, 0) is 0 Å². The summed E-state index contributed by atoms with van der Waals surface area (Å²) in [4.78, 5) is 19.5. The quantitative estimate of drug-likeness (QED) is 0.825. The maximum atomic E-state index is 11.8. The van der Waals surface area contributed by atoms with Gasteiger partial charge in [0, 0.05) is 13.2 Å². The van der Waals surface area contributed by atoms with Crippen molar-refractivity contribution in [2.24, 2.45) is 5.41 Å². The second kappa shape index (κ2) is 6.66. The molecule has 6 heteroatoms. The number of amides is 1. The van der Waals surface area contributed by atoms with E-state index in [1.165, 1.54) is 12.4 Å². The highest BCUT2D eigenvalue weighted by Crippen LogP contribution is 2.20. The number of hydrogen-bond donors (Lipinski definition) is 2. The molecule has 0 saturated heterocycles. The third-order valence-electron chi connectivity index (χ3n) is 2.59. The molecule has 1 amide bonds. The van der Waals surface area contributed by atoms with Crippen LogP contribution in [0.1, 0.15) is 37.2 Å². The van der Waals surface area contributed by atoms with E-state index in [4.69, 9.17) is 16.7 Å². The maximum absolute atomic E-state index is 11.8. The minimum Gasteiger partial charge on any atom is -0.396 e. The molecule has 0 saturated carbocycles. The zero-order valence-electron chi connectivity index (χ0n) is 10.6. The van der Waals surface area contributed by atoms with Gasteiger partial charge in [0.1, 0.15) is 10.8 Å². The van der Waals surface area contributed by atoms with Crippen molar-refractivity contribution in [1.29, 1.82) is 0 Å². The van der Waals surface area contributed by atoms with Crippen molar-refractivity contribution in [3.8, 4) is 0 Å². The van der Waals surface area contributed by atoms with Gasteiger partial charge in [-0.15, -0.1) is 0 Å². The Hall–Kier alpha value is -1.20. The fourth-order valence-electron chi connectivity index (χ4n) is 1.49. The van der Waals surface area contributed by atoms with E-state index >= 15 is 0 Å². The molecule has 0 aromatic carbocycles. The van der Waals surface area contributed by atoms with Gasteiger partial charge < -0.3 is 10.4 Å². The first-order valence-electron chi connectivity index (χ1n) is 5.81. The maximum Gasteiger partial charge on any atom is 0.271 e. The summed E-state index contributed by atoms with van der Waals surface area (Å²) in [6, 6.07) is 0. The topological polar surface area (TPSA) is 75.1 Å². The van der Waals surface area contributed by atoms with Crippen molar-refractivity contribution in [2.75, 3.05) is 13.2 Å². The van der Waals surface area contributed by atoms with Gasteiger partial charge in [-0.2, -0.15) is 0 Å². The van der Waals surface area contributed by atoms with E-state index in [0.717, 1.165) is 12.8 Å². The summed E-state index contributed by atoms with van der Waals surface area (Å²) in [5, 5.41) is 11.9. The van der Waals surface area contributed by atoms with E-state index in [1.807, 2.05) is 13.8 Å². The molecule has 0 aliphatic carbocycles. The molecule has 0 spiro atoms. The normalized spacial score (nSPS) is 11.3. The lowest BCUT2D eigenvalue weighted by atomic mass is 9.88. The van der Waals surface area contributed by atoms with E-state index < -0.39 is 0 Å². The second-order valence-electron chi connectivity index (χ2n) is 4.90. The van der Waals surface area contributed by atoms with Crippen molar-refractivity contribution >= 4 is 17.5 Å². The van der Waals surface area contributed by atoms with Gasteiger partial charge in [-0.05, 0) is 18.3 Å². The molecule has 0 unspecified atom stereocenters. The molecule has 1 aromatic rings. The highest BCUT2D eigenvalue weighted by Gasteiger charge is 2.19. The monoisotopic (exact) mass is 271 g/mol. The molecule has 2 N–H and O–H groups in total. The summed E-state index contributed by atoms with van der Waals surface area (Å²) >= 11 is 5.59. The predicted octanol–water partition coefficient (Wildman–Crippen LogP) is 1.66. The molecule has 5 nitrogen and oxygen atoms in total. The fraction of sp³-hybridized carbons (Fsp3) is 0.583. The minimum atomic E-state index is -0.267. The number of hydrogen-bond acceptors (Lipinski definition) is 4. The van der Waals surface area contributed by atoms with Crippen molar-refractivity contribution < 1.29 is 9.90 Å². The minimum absolute atomic E-state index is 0.0573. The summed E-state index contributed by atoms with van der Waals surface area (Å²) in [7, 11) is 0. The van der Waals surface area contributed by atoms with Crippen LogP contribution in [0.4, 0.5) is 0 Å². The first-order valence-corrected chi connectivity index (χ1v) is 6.19. The number of nitrogens with zero attached hydrogens (tertiary/aromatic N) is 2. The molecule has 0 aliphatic heterocycles. The van der Waals surface area contributed by atoms with Crippen LogP contribution in [-0.4, -0.2) is 34.1 Å². The fourth-order valence-corrected chi connectivity index (χ4v) is 1.58. The lowest BCUT2D eigenvalue weighted by molar-refractivity contribution is 0.0927. The van der Waals surface area contributed by atoms with Crippen LogP contribution in [0.25, 0.3) is 0 Å². The standard InChI is InChI=1S/C12H18ClN3O2/c1-12(2,4-3-5-17)8-16-11(18)9-6-15-10(13)7-14-9/h6-7,17H,3-5,8H2,1-2H3,(H,16,18). The Kier molecular flexibility index (Phi) is 5.50. The Labute approximate surface area is 112 Å². The van der Waals surface area contributed by atoms with E-state index in [9.17, 15) is 4.79 Å². The van der Waals surface area contributed by atoms with Gasteiger partial charge in [-0.3, -0.25) is 4.79 Å². The number of carbonyl (C=O) groups is 1.